The summed E-state index contributed by atoms with van der Waals surface area (Å²) in [5.41, 5.74) is 1.93. The summed E-state index contributed by atoms with van der Waals surface area (Å²) in [6.07, 6.45) is -0.393. The average Bonchev–Trinajstić information content (AvgIpc) is 2.48. The lowest BCUT2D eigenvalue weighted by molar-refractivity contribution is -0.139. The van der Waals surface area contributed by atoms with Gasteiger partial charge in [-0.25, -0.2) is 0 Å². The molecule has 0 aliphatic carbocycles. The van der Waals surface area contributed by atoms with Gasteiger partial charge >= 0.3 is 11.9 Å². The van der Waals surface area contributed by atoms with E-state index in [9.17, 15) is 9.59 Å². The Morgan fingerprint density at radius 3 is 2.09 bits per heavy atom. The van der Waals surface area contributed by atoms with Crippen molar-refractivity contribution in [3.63, 3.8) is 0 Å². The topological polar surface area (TPSA) is 74.6 Å². The summed E-state index contributed by atoms with van der Waals surface area (Å²) in [6.45, 7) is 2.01. The zero-order valence-corrected chi connectivity index (χ0v) is 13.5. The zero-order chi connectivity index (χ0) is 16.8. The molecule has 2 N–H and O–H groups in total. The maximum absolute atomic E-state index is 11.1. The number of aryl methyl sites for hydroxylation is 1. The van der Waals surface area contributed by atoms with Crippen molar-refractivity contribution in [1.82, 2.24) is 0 Å². The van der Waals surface area contributed by atoms with Gasteiger partial charge in [-0.15, -0.1) is 0 Å². The average molecular weight is 330 g/mol. The Balaban J connectivity index is 2.31. The Morgan fingerprint density at radius 2 is 1.52 bits per heavy atom. The van der Waals surface area contributed by atoms with Crippen molar-refractivity contribution < 1.29 is 19.8 Å². The van der Waals surface area contributed by atoms with Crippen molar-refractivity contribution in [2.45, 2.75) is 35.5 Å². The van der Waals surface area contributed by atoms with E-state index in [1.165, 1.54) is 11.8 Å². The highest BCUT2D eigenvalue weighted by Gasteiger charge is 2.21. The Hall–Kier alpha value is -2.27. The predicted octanol–water partition coefficient (Wildman–Crippen LogP) is 4.18. The van der Waals surface area contributed by atoms with Crippen LogP contribution in [-0.2, 0) is 9.59 Å². The Kier molecular flexibility index (Phi) is 5.82. The maximum atomic E-state index is 11.1. The van der Waals surface area contributed by atoms with Crippen LogP contribution in [0.25, 0.3) is 0 Å². The molecule has 5 heteroatoms. The number of rotatable bonds is 7. The number of hydrogen-bond donors (Lipinski definition) is 2. The molecule has 2 aromatic rings. The summed E-state index contributed by atoms with van der Waals surface area (Å²) in [4.78, 5) is 24.1. The molecular weight excluding hydrogens is 312 g/mol. The van der Waals surface area contributed by atoms with Crippen LogP contribution in [-0.4, -0.2) is 22.2 Å². The smallest absolute Gasteiger partial charge is 0.303 e. The van der Waals surface area contributed by atoms with Gasteiger partial charge in [0, 0.05) is 15.7 Å². The molecule has 0 aromatic heterocycles. The normalized spacial score (nSPS) is 10.7. The first-order valence-electron chi connectivity index (χ1n) is 7.22. The molecule has 2 aromatic carbocycles. The van der Waals surface area contributed by atoms with Gasteiger partial charge in [0.15, 0.2) is 0 Å². The third kappa shape index (κ3) is 5.14. The Bertz CT molecular complexity index is 678. The Labute approximate surface area is 139 Å². The molecule has 0 aliphatic heterocycles. The highest BCUT2D eigenvalue weighted by atomic mass is 32.2. The van der Waals surface area contributed by atoms with Crippen LogP contribution in [0.4, 0.5) is 0 Å². The standard InChI is InChI=1S/C18H18O4S/c1-12-6-8-14(9-7-12)23-16-5-3-2-4-15(16)13(10-17(19)20)11-18(21)22/h2-9,13H,10-11H2,1H3,(H,19,20)(H,21,22). The zero-order valence-electron chi connectivity index (χ0n) is 12.7. The van der Waals surface area contributed by atoms with Crippen LogP contribution < -0.4 is 0 Å². The second-order valence-corrected chi connectivity index (χ2v) is 6.46. The maximum Gasteiger partial charge on any atom is 0.303 e. The van der Waals surface area contributed by atoms with Gasteiger partial charge in [-0.3, -0.25) is 9.59 Å². The molecule has 0 fully saturated rings. The van der Waals surface area contributed by atoms with Crippen LogP contribution >= 0.6 is 11.8 Å². The second-order valence-electron chi connectivity index (χ2n) is 5.35. The van der Waals surface area contributed by atoms with Gasteiger partial charge in [0.2, 0.25) is 0 Å². The first-order chi connectivity index (χ1) is 11.0. The van der Waals surface area contributed by atoms with E-state index in [1.807, 2.05) is 55.5 Å². The van der Waals surface area contributed by atoms with E-state index >= 15 is 0 Å². The lowest BCUT2D eigenvalue weighted by atomic mass is 9.92. The second kappa shape index (κ2) is 7.83. The number of carboxylic acids is 2. The molecule has 0 spiro atoms. The van der Waals surface area contributed by atoms with E-state index in [0.717, 1.165) is 20.9 Å². The van der Waals surface area contributed by atoms with Crippen LogP contribution in [0.5, 0.6) is 0 Å². The number of hydrogen-bond acceptors (Lipinski definition) is 3. The highest BCUT2D eigenvalue weighted by molar-refractivity contribution is 7.99. The van der Waals surface area contributed by atoms with E-state index < -0.39 is 17.9 Å². The molecule has 0 radical (unpaired) electrons. The molecule has 0 atom stereocenters. The molecule has 0 unspecified atom stereocenters. The van der Waals surface area contributed by atoms with Gasteiger partial charge in [0.25, 0.3) is 0 Å². The van der Waals surface area contributed by atoms with Crippen LogP contribution in [0, 0.1) is 6.92 Å². The summed E-state index contributed by atoms with van der Waals surface area (Å²) in [5.74, 6) is -2.53. The quantitative estimate of drug-likeness (QED) is 0.796. The SMILES string of the molecule is Cc1ccc(Sc2ccccc2C(CC(=O)O)CC(=O)O)cc1. The van der Waals surface area contributed by atoms with Crippen molar-refractivity contribution in [3.05, 3.63) is 59.7 Å². The number of carbonyl (C=O) groups is 2. The summed E-state index contributed by atoms with van der Waals surface area (Å²) in [7, 11) is 0. The monoisotopic (exact) mass is 330 g/mol. The molecule has 120 valence electrons. The fraction of sp³-hybridized carbons (Fsp3) is 0.222. The van der Waals surface area contributed by atoms with E-state index in [4.69, 9.17) is 10.2 Å². The van der Waals surface area contributed by atoms with Gasteiger partial charge in [0.05, 0.1) is 12.8 Å². The van der Waals surface area contributed by atoms with Crippen LogP contribution in [0.1, 0.15) is 29.9 Å². The molecule has 0 saturated carbocycles. The Morgan fingerprint density at radius 1 is 0.957 bits per heavy atom. The molecule has 4 nitrogen and oxygen atoms in total. The van der Waals surface area contributed by atoms with Gasteiger partial charge in [-0.1, -0.05) is 47.7 Å². The fourth-order valence-corrected chi connectivity index (χ4v) is 3.38. The number of aliphatic carboxylic acids is 2. The molecular formula is C18H18O4S. The van der Waals surface area contributed by atoms with Crippen molar-refractivity contribution >= 4 is 23.7 Å². The summed E-state index contributed by atoms with van der Waals surface area (Å²) < 4.78 is 0. The summed E-state index contributed by atoms with van der Waals surface area (Å²) >= 11 is 1.52. The van der Waals surface area contributed by atoms with Gasteiger partial charge < -0.3 is 10.2 Å². The lowest BCUT2D eigenvalue weighted by Crippen LogP contribution is -2.12. The van der Waals surface area contributed by atoms with Gasteiger partial charge in [0.1, 0.15) is 0 Å². The minimum atomic E-state index is -0.994. The third-order valence-electron chi connectivity index (χ3n) is 3.45. The molecule has 0 saturated heterocycles. The van der Waals surface area contributed by atoms with Crippen molar-refractivity contribution in [3.8, 4) is 0 Å². The van der Waals surface area contributed by atoms with E-state index in [1.54, 1.807) is 0 Å². The van der Waals surface area contributed by atoms with Crippen LogP contribution in [0.2, 0.25) is 0 Å². The molecule has 23 heavy (non-hydrogen) atoms. The molecule has 0 amide bonds. The molecule has 2 rings (SSSR count). The van der Waals surface area contributed by atoms with Crippen molar-refractivity contribution in [1.29, 1.82) is 0 Å². The predicted molar refractivity (Wildman–Crippen MR) is 89.0 cm³/mol. The highest BCUT2D eigenvalue weighted by Crippen LogP contribution is 2.36. The fourth-order valence-electron chi connectivity index (χ4n) is 2.36. The first kappa shape index (κ1) is 17.1. The number of carboxylic acid groups (broad SMARTS) is 2. The van der Waals surface area contributed by atoms with Gasteiger partial charge in [-0.05, 0) is 30.7 Å². The summed E-state index contributed by atoms with van der Waals surface area (Å²) in [6, 6.07) is 15.4. The largest absolute Gasteiger partial charge is 0.481 e. The number of benzene rings is 2. The van der Waals surface area contributed by atoms with Gasteiger partial charge in [-0.2, -0.15) is 0 Å². The van der Waals surface area contributed by atoms with Crippen molar-refractivity contribution in [2.75, 3.05) is 0 Å². The van der Waals surface area contributed by atoms with E-state index in [2.05, 4.69) is 0 Å². The van der Waals surface area contributed by atoms with Crippen LogP contribution in [0.3, 0.4) is 0 Å². The van der Waals surface area contributed by atoms with E-state index in [0.29, 0.717) is 0 Å². The van der Waals surface area contributed by atoms with Crippen molar-refractivity contribution in [2.24, 2.45) is 0 Å². The third-order valence-corrected chi connectivity index (χ3v) is 4.55. The van der Waals surface area contributed by atoms with Crippen LogP contribution in [0.15, 0.2) is 58.3 Å². The minimum absolute atomic E-state index is 0.197. The molecule has 0 aliphatic rings. The molecule has 0 bridgehead atoms. The van der Waals surface area contributed by atoms with E-state index in [-0.39, 0.29) is 12.8 Å². The summed E-state index contributed by atoms with van der Waals surface area (Å²) in [5, 5.41) is 18.1. The minimum Gasteiger partial charge on any atom is -0.481 e. The first-order valence-corrected chi connectivity index (χ1v) is 8.04. The molecule has 0 heterocycles. The lowest BCUT2D eigenvalue weighted by Gasteiger charge is -2.17.